The molecular formula is C21H30O4. The largest absolute Gasteiger partial charge is 0.507 e. The van der Waals surface area contributed by atoms with Gasteiger partial charge in [0.1, 0.15) is 22.8 Å². The molecule has 0 bridgehead atoms. The molecule has 0 saturated heterocycles. The highest BCUT2D eigenvalue weighted by atomic mass is 16.3. The fraction of sp³-hybridized carbons (Fsp3) is 0.476. The maximum atomic E-state index is 12.4. The molecule has 1 aromatic rings. The molecule has 4 nitrogen and oxygen atoms in total. The Hall–Kier alpha value is -2.23. The summed E-state index contributed by atoms with van der Waals surface area (Å²) in [7, 11) is 0. The quantitative estimate of drug-likeness (QED) is 0.443. The zero-order valence-corrected chi connectivity index (χ0v) is 15.9. The van der Waals surface area contributed by atoms with E-state index in [1.807, 2.05) is 19.9 Å². The van der Waals surface area contributed by atoms with Crippen molar-refractivity contribution in [3.8, 4) is 17.2 Å². The lowest BCUT2D eigenvalue weighted by atomic mass is 9.92. The van der Waals surface area contributed by atoms with Gasteiger partial charge in [-0.3, -0.25) is 4.79 Å². The number of carbonyl (C=O) groups is 1. The minimum absolute atomic E-state index is 0.0993. The smallest absolute Gasteiger partial charge is 0.173 e. The van der Waals surface area contributed by atoms with Crippen LogP contribution in [0.5, 0.6) is 17.2 Å². The van der Waals surface area contributed by atoms with E-state index in [1.54, 1.807) is 6.92 Å². The lowest BCUT2D eigenvalue weighted by molar-refractivity contribution is 0.0921. The molecule has 0 amide bonds. The Bertz CT molecular complexity index is 680. The molecule has 0 aliphatic heterocycles. The van der Waals surface area contributed by atoms with Crippen LogP contribution < -0.4 is 0 Å². The van der Waals surface area contributed by atoms with Crippen molar-refractivity contribution >= 4 is 5.78 Å². The van der Waals surface area contributed by atoms with Gasteiger partial charge in [0.15, 0.2) is 5.78 Å². The molecular weight excluding hydrogens is 316 g/mol. The maximum Gasteiger partial charge on any atom is 0.173 e. The fourth-order valence-electron chi connectivity index (χ4n) is 2.53. The van der Waals surface area contributed by atoms with Gasteiger partial charge in [-0.2, -0.15) is 0 Å². The molecule has 0 aromatic heterocycles. The molecule has 0 spiro atoms. The number of hydrogen-bond donors (Lipinski definition) is 3. The Balaban J connectivity index is 3.08. The zero-order chi connectivity index (χ0) is 19.1. The summed E-state index contributed by atoms with van der Waals surface area (Å²) in [4.78, 5) is 12.4. The van der Waals surface area contributed by atoms with Crippen LogP contribution in [-0.2, 0) is 6.42 Å². The van der Waals surface area contributed by atoms with Crippen LogP contribution in [0, 0.1) is 5.92 Å². The van der Waals surface area contributed by atoms with Gasteiger partial charge < -0.3 is 15.3 Å². The summed E-state index contributed by atoms with van der Waals surface area (Å²) in [6, 6.07) is 1.14. The lowest BCUT2D eigenvalue weighted by Crippen LogP contribution is -2.11. The molecule has 0 aliphatic rings. The topological polar surface area (TPSA) is 77.8 Å². The van der Waals surface area contributed by atoms with E-state index in [1.165, 1.54) is 5.57 Å². The molecule has 3 N–H and O–H groups in total. The second-order valence-corrected chi connectivity index (χ2v) is 6.87. The SMILES string of the molecule is CC[C@@H](C)C(=O)c1c(O)cc(O)c(C/C=C(\C)CCC=C(C)C)c1O. The summed E-state index contributed by atoms with van der Waals surface area (Å²) in [6.07, 6.45) is 6.84. The van der Waals surface area contributed by atoms with E-state index < -0.39 is 0 Å². The van der Waals surface area contributed by atoms with Crippen LogP contribution in [0.3, 0.4) is 0 Å². The van der Waals surface area contributed by atoms with Gasteiger partial charge in [-0.1, -0.05) is 37.1 Å². The number of aromatic hydroxyl groups is 3. The minimum atomic E-state index is -0.381. The van der Waals surface area contributed by atoms with Gasteiger partial charge in [-0.05, 0) is 46.5 Å². The van der Waals surface area contributed by atoms with Crippen molar-refractivity contribution in [3.05, 3.63) is 40.5 Å². The third-order valence-electron chi connectivity index (χ3n) is 4.41. The third-order valence-corrected chi connectivity index (χ3v) is 4.41. The predicted octanol–water partition coefficient (Wildman–Crippen LogP) is 5.27. The Kier molecular flexibility index (Phi) is 7.75. The molecule has 0 unspecified atom stereocenters. The van der Waals surface area contributed by atoms with Crippen molar-refractivity contribution in [2.45, 2.75) is 60.3 Å². The van der Waals surface area contributed by atoms with Crippen LogP contribution in [0.25, 0.3) is 0 Å². The summed E-state index contributed by atoms with van der Waals surface area (Å²) >= 11 is 0. The Morgan fingerprint density at radius 1 is 1.12 bits per heavy atom. The van der Waals surface area contributed by atoms with Crippen molar-refractivity contribution in [2.24, 2.45) is 5.92 Å². The van der Waals surface area contributed by atoms with Crippen LogP contribution in [0.2, 0.25) is 0 Å². The minimum Gasteiger partial charge on any atom is -0.507 e. The highest BCUT2D eigenvalue weighted by molar-refractivity contribution is 6.03. The summed E-state index contributed by atoms with van der Waals surface area (Å²) in [5.41, 5.74) is 2.58. The first-order valence-corrected chi connectivity index (χ1v) is 8.78. The molecule has 0 fully saturated rings. The van der Waals surface area contributed by atoms with Gasteiger partial charge in [-0.15, -0.1) is 0 Å². The standard InChI is InChI=1S/C21H30O4/c1-6-15(5)20(24)19-18(23)12-17(22)16(21(19)25)11-10-14(4)9-7-8-13(2)3/h8,10,12,15,22-23,25H,6-7,9,11H2,1-5H3/b14-10+/t15-/m1/s1. The average Bonchev–Trinajstić information content (AvgIpc) is 2.52. The van der Waals surface area contributed by atoms with Gasteiger partial charge in [0.05, 0.1) is 0 Å². The first kappa shape index (κ1) is 20.8. The number of hydrogen-bond acceptors (Lipinski definition) is 4. The zero-order valence-electron chi connectivity index (χ0n) is 15.9. The Morgan fingerprint density at radius 3 is 2.32 bits per heavy atom. The second-order valence-electron chi connectivity index (χ2n) is 6.87. The molecule has 0 heterocycles. The highest BCUT2D eigenvalue weighted by Crippen LogP contribution is 2.39. The van der Waals surface area contributed by atoms with Crippen molar-refractivity contribution in [3.63, 3.8) is 0 Å². The number of ketones is 1. The Labute approximate surface area is 150 Å². The van der Waals surface area contributed by atoms with E-state index in [9.17, 15) is 20.1 Å². The van der Waals surface area contributed by atoms with Crippen LogP contribution in [-0.4, -0.2) is 21.1 Å². The van der Waals surface area contributed by atoms with Crippen LogP contribution in [0.15, 0.2) is 29.4 Å². The molecule has 4 heteroatoms. The van der Waals surface area contributed by atoms with Crippen molar-refractivity contribution in [1.29, 1.82) is 0 Å². The van der Waals surface area contributed by atoms with E-state index >= 15 is 0 Å². The predicted molar refractivity (Wildman–Crippen MR) is 101 cm³/mol. The van der Waals surface area contributed by atoms with Gasteiger partial charge in [-0.25, -0.2) is 0 Å². The normalized spacial score (nSPS) is 12.8. The number of phenolic OH excluding ortho intramolecular Hbond substituents is 3. The molecule has 138 valence electrons. The fourth-order valence-corrected chi connectivity index (χ4v) is 2.53. The van der Waals surface area contributed by atoms with Crippen LogP contribution in [0.1, 0.15) is 69.8 Å². The molecule has 1 atom stereocenters. The van der Waals surface area contributed by atoms with E-state index in [2.05, 4.69) is 19.9 Å². The number of allylic oxidation sites excluding steroid dienone is 4. The summed E-state index contributed by atoms with van der Waals surface area (Å²) < 4.78 is 0. The number of carbonyl (C=O) groups excluding carboxylic acids is 1. The van der Waals surface area contributed by atoms with Crippen LogP contribution in [0.4, 0.5) is 0 Å². The number of phenols is 3. The summed E-state index contributed by atoms with van der Waals surface area (Å²) in [5.74, 6) is -1.54. The number of Topliss-reactive ketones (excluding diaryl/α,β-unsaturated/α-hetero) is 1. The van der Waals surface area contributed by atoms with E-state index in [0.717, 1.165) is 24.5 Å². The molecule has 0 radical (unpaired) electrons. The Morgan fingerprint density at radius 2 is 1.76 bits per heavy atom. The molecule has 0 saturated carbocycles. The van der Waals surface area contributed by atoms with Crippen molar-refractivity contribution in [1.82, 2.24) is 0 Å². The van der Waals surface area contributed by atoms with E-state index in [0.29, 0.717) is 12.8 Å². The molecule has 25 heavy (non-hydrogen) atoms. The monoisotopic (exact) mass is 346 g/mol. The van der Waals surface area contributed by atoms with Gasteiger partial charge in [0, 0.05) is 17.5 Å². The number of benzene rings is 1. The van der Waals surface area contributed by atoms with E-state index in [4.69, 9.17) is 0 Å². The van der Waals surface area contributed by atoms with Crippen LogP contribution >= 0.6 is 0 Å². The second kappa shape index (κ2) is 9.30. The third kappa shape index (κ3) is 5.66. The van der Waals surface area contributed by atoms with Crippen molar-refractivity contribution in [2.75, 3.05) is 0 Å². The first-order valence-electron chi connectivity index (χ1n) is 8.78. The summed E-state index contributed by atoms with van der Waals surface area (Å²) in [6.45, 7) is 9.74. The first-order chi connectivity index (χ1) is 11.7. The summed E-state index contributed by atoms with van der Waals surface area (Å²) in [5, 5.41) is 30.5. The molecule has 1 aromatic carbocycles. The number of rotatable bonds is 8. The average molecular weight is 346 g/mol. The lowest BCUT2D eigenvalue weighted by Gasteiger charge is -2.15. The van der Waals surface area contributed by atoms with Crippen molar-refractivity contribution < 1.29 is 20.1 Å². The maximum absolute atomic E-state index is 12.4. The molecule has 0 aliphatic carbocycles. The molecule has 1 rings (SSSR count). The van der Waals surface area contributed by atoms with Gasteiger partial charge in [0.25, 0.3) is 0 Å². The van der Waals surface area contributed by atoms with E-state index in [-0.39, 0.29) is 40.1 Å². The van der Waals surface area contributed by atoms with Gasteiger partial charge in [0.2, 0.25) is 0 Å². The highest BCUT2D eigenvalue weighted by Gasteiger charge is 2.25. The van der Waals surface area contributed by atoms with Gasteiger partial charge >= 0.3 is 0 Å².